The van der Waals surface area contributed by atoms with E-state index in [1.54, 1.807) is 13.1 Å². The number of rotatable bonds is 8. The van der Waals surface area contributed by atoms with E-state index in [9.17, 15) is 20.1 Å². The Labute approximate surface area is 228 Å². The third kappa shape index (κ3) is 5.35. The number of nitrogens with zero attached hydrogens (tertiary/aromatic N) is 5. The molecule has 2 aromatic carbocycles. The highest BCUT2D eigenvalue weighted by Gasteiger charge is 2.24. The molecule has 0 radical (unpaired) electrons. The Bertz CT molecular complexity index is 1420. The summed E-state index contributed by atoms with van der Waals surface area (Å²) in [5.74, 6) is -0.820. The van der Waals surface area contributed by atoms with Gasteiger partial charge in [-0.3, -0.25) is 9.79 Å². The van der Waals surface area contributed by atoms with Crippen LogP contribution in [-0.4, -0.2) is 99.6 Å². The molecule has 3 heterocycles. The number of carbonyl (C=O) groups is 1. The molecule has 10 nitrogen and oxygen atoms in total. The Balaban J connectivity index is 1.46. The molecule has 2 unspecified atom stereocenters. The zero-order valence-corrected chi connectivity index (χ0v) is 22.9. The predicted octanol–water partition coefficient (Wildman–Crippen LogP) is 3.33. The number of hydrogen-bond acceptors (Lipinski definition) is 9. The molecule has 1 amide bonds. The third-order valence-electron chi connectivity index (χ3n) is 8.41. The zero-order valence-electron chi connectivity index (χ0n) is 22.9. The van der Waals surface area contributed by atoms with Gasteiger partial charge in [0.15, 0.2) is 0 Å². The summed E-state index contributed by atoms with van der Waals surface area (Å²) in [6, 6.07) is 3.89. The van der Waals surface area contributed by atoms with Crippen LogP contribution in [0.25, 0.3) is 22.1 Å². The number of hydrogen-bond donors (Lipinski definition) is 4. The van der Waals surface area contributed by atoms with Crippen molar-refractivity contribution in [3.05, 3.63) is 28.8 Å². The van der Waals surface area contributed by atoms with Gasteiger partial charge in [-0.2, -0.15) is 0 Å². The molecule has 2 aliphatic rings. The number of fused-ring (bicyclic) bond motifs is 2. The molecule has 1 aromatic heterocycles. The maximum atomic E-state index is 13.1. The van der Waals surface area contributed by atoms with Gasteiger partial charge in [-0.1, -0.05) is 0 Å². The quantitative estimate of drug-likeness (QED) is 0.255. The van der Waals surface area contributed by atoms with Crippen molar-refractivity contribution < 1.29 is 20.1 Å². The molecule has 0 saturated carbocycles. The normalized spacial score (nSPS) is 20.6. The fraction of sp³-hybridized carbons (Fsp3) is 0.517. The number of benzene rings is 2. The molecule has 2 fully saturated rings. The molecule has 2 atom stereocenters. The highest BCUT2D eigenvalue weighted by Crippen LogP contribution is 2.39. The summed E-state index contributed by atoms with van der Waals surface area (Å²) >= 11 is 0. The molecule has 3 aromatic rings. The van der Waals surface area contributed by atoms with E-state index < -0.39 is 0 Å². The average molecular weight is 535 g/mol. The van der Waals surface area contributed by atoms with Gasteiger partial charge in [-0.15, -0.1) is 0 Å². The van der Waals surface area contributed by atoms with Crippen LogP contribution in [-0.2, 0) is 0 Å². The van der Waals surface area contributed by atoms with Crippen LogP contribution in [0.5, 0.6) is 17.2 Å². The molecule has 5 rings (SSSR count). The summed E-state index contributed by atoms with van der Waals surface area (Å²) in [5.41, 5.74) is 1.49. The van der Waals surface area contributed by atoms with Gasteiger partial charge in [0, 0.05) is 37.0 Å². The van der Waals surface area contributed by atoms with Crippen molar-refractivity contribution in [2.45, 2.75) is 57.5 Å². The van der Waals surface area contributed by atoms with Gasteiger partial charge in [0.25, 0.3) is 5.91 Å². The highest BCUT2D eigenvalue weighted by atomic mass is 16.3. The second-order valence-corrected chi connectivity index (χ2v) is 10.9. The number of phenolic OH excluding ortho intramolecular Hbond substituents is 3. The van der Waals surface area contributed by atoms with E-state index in [1.807, 2.05) is 0 Å². The Morgan fingerprint density at radius 2 is 1.64 bits per heavy atom. The summed E-state index contributed by atoms with van der Waals surface area (Å²) in [5, 5.41) is 35.3. The molecule has 0 spiro atoms. The summed E-state index contributed by atoms with van der Waals surface area (Å²) in [6.07, 6.45) is 7.97. The van der Waals surface area contributed by atoms with Gasteiger partial charge in [-0.05, 0) is 84.8 Å². The molecule has 2 saturated heterocycles. The average Bonchev–Trinajstić information content (AvgIpc) is 3.53. The van der Waals surface area contributed by atoms with Crippen LogP contribution in [0.4, 0.5) is 0 Å². The minimum absolute atomic E-state index is 0.121. The second kappa shape index (κ2) is 11.3. The van der Waals surface area contributed by atoms with Crippen molar-refractivity contribution in [1.82, 2.24) is 25.1 Å². The minimum Gasteiger partial charge on any atom is -0.507 e. The smallest absolute Gasteiger partial charge is 0.253 e. The molecule has 4 N–H and O–H groups in total. The van der Waals surface area contributed by atoms with Gasteiger partial charge >= 0.3 is 0 Å². The van der Waals surface area contributed by atoms with Crippen LogP contribution in [0.15, 0.2) is 17.1 Å². The van der Waals surface area contributed by atoms with Crippen molar-refractivity contribution >= 4 is 34.2 Å². The SMILES string of the molecule is Cc1c(O)c(C=NCCC2CCCN2C)c2nc3c(O)ccc(C(=O)NCCC4CCCN4C)c3nc2c1O. The molecule has 10 heteroatoms. The zero-order chi connectivity index (χ0) is 27.7. The number of carbonyl (C=O) groups excluding carboxylic acids is 1. The lowest BCUT2D eigenvalue weighted by Crippen LogP contribution is -2.31. The van der Waals surface area contributed by atoms with E-state index in [2.05, 4.69) is 44.2 Å². The van der Waals surface area contributed by atoms with Crippen molar-refractivity contribution in [2.24, 2.45) is 4.99 Å². The van der Waals surface area contributed by atoms with Gasteiger partial charge in [0.2, 0.25) is 0 Å². The largest absolute Gasteiger partial charge is 0.507 e. The molecule has 0 bridgehead atoms. The summed E-state index contributed by atoms with van der Waals surface area (Å²) in [6.45, 7) is 4.88. The molecule has 2 aliphatic heterocycles. The van der Waals surface area contributed by atoms with Crippen LogP contribution >= 0.6 is 0 Å². The van der Waals surface area contributed by atoms with E-state index >= 15 is 0 Å². The Morgan fingerprint density at radius 3 is 2.31 bits per heavy atom. The van der Waals surface area contributed by atoms with Crippen LogP contribution < -0.4 is 5.32 Å². The van der Waals surface area contributed by atoms with Crippen LogP contribution in [0, 0.1) is 6.92 Å². The molecule has 208 valence electrons. The number of aliphatic imine (C=N–C) groups is 1. The fourth-order valence-electron chi connectivity index (χ4n) is 5.90. The summed E-state index contributed by atoms with van der Waals surface area (Å²) in [4.78, 5) is 31.5. The maximum Gasteiger partial charge on any atom is 0.253 e. The molecule has 0 aliphatic carbocycles. The van der Waals surface area contributed by atoms with Crippen LogP contribution in [0.1, 0.15) is 60.0 Å². The van der Waals surface area contributed by atoms with Crippen molar-refractivity contribution in [3.8, 4) is 17.2 Å². The first kappa shape index (κ1) is 27.1. The Hall–Kier alpha value is -3.50. The first-order valence-corrected chi connectivity index (χ1v) is 13.8. The lowest BCUT2D eigenvalue weighted by molar-refractivity contribution is 0.0951. The number of aromatic hydroxyl groups is 3. The van der Waals surface area contributed by atoms with Gasteiger partial charge in [0.1, 0.15) is 39.3 Å². The summed E-state index contributed by atoms with van der Waals surface area (Å²) < 4.78 is 0. The maximum absolute atomic E-state index is 13.1. The van der Waals surface area contributed by atoms with E-state index in [4.69, 9.17) is 0 Å². The predicted molar refractivity (Wildman–Crippen MR) is 152 cm³/mol. The number of phenols is 3. The molecule has 39 heavy (non-hydrogen) atoms. The Morgan fingerprint density at radius 1 is 0.974 bits per heavy atom. The van der Waals surface area contributed by atoms with Crippen molar-refractivity contribution in [3.63, 3.8) is 0 Å². The van der Waals surface area contributed by atoms with Crippen LogP contribution in [0.3, 0.4) is 0 Å². The lowest BCUT2D eigenvalue weighted by Gasteiger charge is -2.19. The van der Waals surface area contributed by atoms with E-state index in [1.165, 1.54) is 25.0 Å². The molecular formula is C29H38N6O4. The fourth-order valence-corrected chi connectivity index (χ4v) is 5.90. The molecular weight excluding hydrogens is 496 g/mol. The number of nitrogens with one attached hydrogen (secondary N) is 1. The minimum atomic E-state index is -0.317. The topological polar surface area (TPSA) is 134 Å². The first-order valence-electron chi connectivity index (χ1n) is 13.8. The van der Waals surface area contributed by atoms with E-state index in [0.29, 0.717) is 30.7 Å². The van der Waals surface area contributed by atoms with Gasteiger partial charge in [0.05, 0.1) is 11.1 Å². The third-order valence-corrected chi connectivity index (χ3v) is 8.41. The van der Waals surface area contributed by atoms with Gasteiger partial charge < -0.3 is 30.4 Å². The first-order chi connectivity index (χ1) is 18.8. The van der Waals surface area contributed by atoms with Crippen molar-refractivity contribution in [1.29, 1.82) is 0 Å². The monoisotopic (exact) mass is 534 g/mol. The second-order valence-electron chi connectivity index (χ2n) is 10.9. The van der Waals surface area contributed by atoms with Gasteiger partial charge in [-0.25, -0.2) is 9.97 Å². The van der Waals surface area contributed by atoms with E-state index in [-0.39, 0.29) is 56.3 Å². The lowest BCUT2D eigenvalue weighted by atomic mass is 10.0. The number of amides is 1. The number of aromatic nitrogens is 2. The summed E-state index contributed by atoms with van der Waals surface area (Å²) in [7, 11) is 4.23. The van der Waals surface area contributed by atoms with Crippen LogP contribution in [0.2, 0.25) is 0 Å². The van der Waals surface area contributed by atoms with E-state index in [0.717, 1.165) is 38.8 Å². The number of likely N-dealkylation sites (tertiary alicyclic amines) is 2. The van der Waals surface area contributed by atoms with Crippen molar-refractivity contribution in [2.75, 3.05) is 40.3 Å². The highest BCUT2D eigenvalue weighted by molar-refractivity contribution is 6.10. The Kier molecular flexibility index (Phi) is 7.86. The standard InChI is InChI=1S/C29H38N6O4/c1-17-27(37)21(16-30-12-10-18-6-4-14-34(18)2)24-26(28(17)38)33-23-20(8-9-22(36)25(23)32-24)29(39)31-13-11-19-7-5-15-35(19)3/h8-9,16,18-19,36-38H,4-7,10-15H2,1-3H3,(H,31,39).